The van der Waals surface area contributed by atoms with Gasteiger partial charge in [0, 0.05) is 31.5 Å². The average Bonchev–Trinajstić information content (AvgIpc) is 3.11. The number of hydrogen-bond acceptors (Lipinski definition) is 6. The molecule has 3 aromatic rings. The number of ketones is 1. The van der Waals surface area contributed by atoms with Gasteiger partial charge in [-0.3, -0.25) is 4.79 Å². The SMILES string of the molecule is CC(=O)Cc1cc2nc(C3CN(C)C3)nn2c(-c2ccco2)n1. The van der Waals surface area contributed by atoms with Gasteiger partial charge in [0.25, 0.3) is 0 Å². The molecule has 0 N–H and O–H groups in total. The standard InChI is InChI=1S/C16H17N5O2/c1-10(22)6-12-7-14-18-15(11-8-20(2)9-11)19-21(14)16(17-12)13-4-3-5-23-13/h3-5,7,11H,6,8-9H2,1-2H3. The van der Waals surface area contributed by atoms with E-state index in [0.717, 1.165) is 18.9 Å². The molecular formula is C16H17N5O2. The first-order valence-corrected chi connectivity index (χ1v) is 7.58. The number of carbonyl (C=O) groups excluding carboxylic acids is 1. The molecule has 23 heavy (non-hydrogen) atoms. The van der Waals surface area contributed by atoms with Crippen LogP contribution in [0.4, 0.5) is 0 Å². The van der Waals surface area contributed by atoms with Gasteiger partial charge in [-0.1, -0.05) is 0 Å². The molecule has 1 saturated heterocycles. The summed E-state index contributed by atoms with van der Waals surface area (Å²) < 4.78 is 7.17. The number of fused-ring (bicyclic) bond motifs is 1. The number of Topliss-reactive ketones (excluding diaryl/α,β-unsaturated/α-hetero) is 1. The van der Waals surface area contributed by atoms with E-state index in [0.29, 0.717) is 28.8 Å². The van der Waals surface area contributed by atoms with E-state index in [1.165, 1.54) is 0 Å². The number of nitrogens with zero attached hydrogens (tertiary/aromatic N) is 5. The molecule has 1 aliphatic heterocycles. The van der Waals surface area contributed by atoms with Crippen LogP contribution in [0.3, 0.4) is 0 Å². The summed E-state index contributed by atoms with van der Waals surface area (Å²) in [7, 11) is 2.08. The highest BCUT2D eigenvalue weighted by atomic mass is 16.3. The highest BCUT2D eigenvalue weighted by Crippen LogP contribution is 2.25. The summed E-state index contributed by atoms with van der Waals surface area (Å²) >= 11 is 0. The average molecular weight is 311 g/mol. The summed E-state index contributed by atoms with van der Waals surface area (Å²) in [5.74, 6) is 2.42. The molecule has 0 aliphatic carbocycles. The first kappa shape index (κ1) is 14.1. The Morgan fingerprint density at radius 3 is 2.87 bits per heavy atom. The van der Waals surface area contributed by atoms with Gasteiger partial charge in [0.1, 0.15) is 5.78 Å². The summed E-state index contributed by atoms with van der Waals surface area (Å²) in [5, 5.41) is 4.62. The molecule has 0 saturated carbocycles. The molecule has 0 spiro atoms. The third-order valence-corrected chi connectivity index (χ3v) is 4.00. The second-order valence-corrected chi connectivity index (χ2v) is 6.09. The van der Waals surface area contributed by atoms with Crippen LogP contribution in [0, 0.1) is 0 Å². The fourth-order valence-electron chi connectivity index (χ4n) is 2.90. The minimum absolute atomic E-state index is 0.0626. The number of rotatable bonds is 4. The van der Waals surface area contributed by atoms with E-state index in [1.54, 1.807) is 23.8 Å². The Morgan fingerprint density at radius 2 is 2.22 bits per heavy atom. The predicted molar refractivity (Wildman–Crippen MR) is 83.1 cm³/mol. The van der Waals surface area contributed by atoms with Crippen LogP contribution in [0.15, 0.2) is 28.9 Å². The fraction of sp³-hybridized carbons (Fsp3) is 0.375. The predicted octanol–water partition coefficient (Wildman–Crippen LogP) is 1.54. The molecule has 1 fully saturated rings. The Balaban J connectivity index is 1.84. The van der Waals surface area contributed by atoms with Crippen molar-refractivity contribution >= 4 is 11.4 Å². The Labute approximate surface area is 132 Å². The summed E-state index contributed by atoms with van der Waals surface area (Å²) in [6.07, 6.45) is 1.87. The van der Waals surface area contributed by atoms with Crippen molar-refractivity contribution in [2.24, 2.45) is 0 Å². The van der Waals surface area contributed by atoms with Crippen LogP contribution in [0.5, 0.6) is 0 Å². The maximum absolute atomic E-state index is 11.4. The van der Waals surface area contributed by atoms with Crippen molar-refractivity contribution in [3.05, 3.63) is 36.0 Å². The van der Waals surface area contributed by atoms with Crippen LogP contribution in [0.2, 0.25) is 0 Å². The zero-order valence-corrected chi connectivity index (χ0v) is 13.1. The monoisotopic (exact) mass is 311 g/mol. The van der Waals surface area contributed by atoms with Crippen LogP contribution < -0.4 is 0 Å². The van der Waals surface area contributed by atoms with Gasteiger partial charge in [-0.05, 0) is 26.1 Å². The normalized spacial score (nSPS) is 15.9. The van der Waals surface area contributed by atoms with Gasteiger partial charge in [-0.25, -0.2) is 9.97 Å². The van der Waals surface area contributed by atoms with E-state index in [1.807, 2.05) is 12.1 Å². The molecule has 3 aromatic heterocycles. The maximum Gasteiger partial charge on any atom is 0.199 e. The molecule has 0 unspecified atom stereocenters. The van der Waals surface area contributed by atoms with Crippen LogP contribution in [0.25, 0.3) is 17.2 Å². The van der Waals surface area contributed by atoms with E-state index >= 15 is 0 Å². The molecular weight excluding hydrogens is 294 g/mol. The van der Waals surface area contributed by atoms with Crippen molar-refractivity contribution in [2.75, 3.05) is 20.1 Å². The lowest BCUT2D eigenvalue weighted by atomic mass is 10.0. The van der Waals surface area contributed by atoms with Crippen molar-refractivity contribution in [2.45, 2.75) is 19.3 Å². The molecule has 0 aromatic carbocycles. The Kier molecular flexibility index (Phi) is 3.23. The van der Waals surface area contributed by atoms with Gasteiger partial charge in [0.15, 0.2) is 23.1 Å². The van der Waals surface area contributed by atoms with Gasteiger partial charge in [0.2, 0.25) is 0 Å². The van der Waals surface area contributed by atoms with Crippen molar-refractivity contribution in [3.8, 4) is 11.6 Å². The third-order valence-electron chi connectivity index (χ3n) is 4.00. The largest absolute Gasteiger partial charge is 0.461 e. The number of aromatic nitrogens is 4. The Bertz CT molecular complexity index is 862. The minimum atomic E-state index is 0.0626. The first-order chi connectivity index (χ1) is 11.1. The van der Waals surface area contributed by atoms with Crippen molar-refractivity contribution in [1.29, 1.82) is 0 Å². The van der Waals surface area contributed by atoms with E-state index in [-0.39, 0.29) is 12.2 Å². The number of likely N-dealkylation sites (tertiary alicyclic amines) is 1. The topological polar surface area (TPSA) is 76.5 Å². The lowest BCUT2D eigenvalue weighted by Crippen LogP contribution is -2.42. The van der Waals surface area contributed by atoms with Crippen LogP contribution in [0.1, 0.15) is 24.4 Å². The van der Waals surface area contributed by atoms with E-state index in [4.69, 9.17) is 4.42 Å². The third kappa shape index (κ3) is 2.53. The highest BCUT2D eigenvalue weighted by Gasteiger charge is 2.29. The molecule has 7 heteroatoms. The molecule has 118 valence electrons. The van der Waals surface area contributed by atoms with Gasteiger partial charge in [-0.15, -0.1) is 5.10 Å². The zero-order chi connectivity index (χ0) is 16.0. The number of furan rings is 1. The maximum atomic E-state index is 11.4. The van der Waals surface area contributed by atoms with E-state index in [9.17, 15) is 4.79 Å². The van der Waals surface area contributed by atoms with Crippen molar-refractivity contribution < 1.29 is 9.21 Å². The molecule has 4 heterocycles. The van der Waals surface area contributed by atoms with Crippen molar-refractivity contribution in [1.82, 2.24) is 24.5 Å². The molecule has 4 rings (SSSR count). The van der Waals surface area contributed by atoms with Crippen LogP contribution in [-0.4, -0.2) is 50.4 Å². The molecule has 0 amide bonds. The summed E-state index contributed by atoms with van der Waals surface area (Å²) in [4.78, 5) is 22.9. The molecule has 1 aliphatic rings. The number of likely N-dealkylation sites (N-methyl/N-ethyl adjacent to an activating group) is 1. The molecule has 0 atom stereocenters. The second-order valence-electron chi connectivity index (χ2n) is 6.09. The first-order valence-electron chi connectivity index (χ1n) is 7.58. The smallest absolute Gasteiger partial charge is 0.199 e. The minimum Gasteiger partial charge on any atom is -0.461 e. The zero-order valence-electron chi connectivity index (χ0n) is 13.1. The highest BCUT2D eigenvalue weighted by molar-refractivity contribution is 5.78. The summed E-state index contributed by atoms with van der Waals surface area (Å²) in [6, 6.07) is 5.46. The van der Waals surface area contributed by atoms with E-state index in [2.05, 4.69) is 27.0 Å². The van der Waals surface area contributed by atoms with Gasteiger partial charge < -0.3 is 9.32 Å². The van der Waals surface area contributed by atoms with E-state index < -0.39 is 0 Å². The molecule has 7 nitrogen and oxygen atoms in total. The van der Waals surface area contributed by atoms with Gasteiger partial charge in [0.05, 0.1) is 12.0 Å². The van der Waals surface area contributed by atoms with Crippen LogP contribution in [-0.2, 0) is 11.2 Å². The Morgan fingerprint density at radius 1 is 1.39 bits per heavy atom. The number of carbonyl (C=O) groups is 1. The second kappa shape index (κ2) is 5.27. The summed E-state index contributed by atoms with van der Waals surface area (Å²) in [6.45, 7) is 3.47. The number of hydrogen-bond donors (Lipinski definition) is 0. The quantitative estimate of drug-likeness (QED) is 0.727. The lowest BCUT2D eigenvalue weighted by molar-refractivity contribution is -0.116. The fourth-order valence-corrected chi connectivity index (χ4v) is 2.90. The van der Waals surface area contributed by atoms with Gasteiger partial charge in [-0.2, -0.15) is 4.52 Å². The Hall–Kier alpha value is -2.54. The van der Waals surface area contributed by atoms with Crippen LogP contribution >= 0.6 is 0 Å². The molecule has 0 bridgehead atoms. The lowest BCUT2D eigenvalue weighted by Gasteiger charge is -2.33. The molecule has 0 radical (unpaired) electrons. The van der Waals surface area contributed by atoms with Crippen molar-refractivity contribution in [3.63, 3.8) is 0 Å². The summed E-state index contributed by atoms with van der Waals surface area (Å²) in [5.41, 5.74) is 1.38. The van der Waals surface area contributed by atoms with Gasteiger partial charge >= 0.3 is 0 Å².